The third-order valence-electron chi connectivity index (χ3n) is 4.61. The Labute approximate surface area is 136 Å². The van der Waals surface area contributed by atoms with Crippen molar-refractivity contribution in [1.82, 2.24) is 4.98 Å². The number of rotatable bonds is 3. The van der Waals surface area contributed by atoms with Crippen LogP contribution in [0.4, 0.5) is 5.69 Å². The van der Waals surface area contributed by atoms with E-state index in [1.54, 1.807) is 12.4 Å². The molecule has 1 saturated carbocycles. The number of aryl methyl sites for hydroxylation is 1. The van der Waals surface area contributed by atoms with Crippen molar-refractivity contribution in [1.29, 1.82) is 5.26 Å². The molecule has 0 atom stereocenters. The number of amides is 1. The fraction of sp³-hybridized carbons (Fsp3) is 0.316. The van der Waals surface area contributed by atoms with Crippen LogP contribution in [0.1, 0.15) is 31.2 Å². The second-order valence-corrected chi connectivity index (χ2v) is 6.12. The summed E-state index contributed by atoms with van der Waals surface area (Å²) in [7, 11) is 0. The van der Waals surface area contributed by atoms with E-state index < -0.39 is 5.41 Å². The van der Waals surface area contributed by atoms with E-state index in [0.29, 0.717) is 12.8 Å². The number of nitrogens with one attached hydrogen (secondary N) is 1. The Kier molecular flexibility index (Phi) is 4.12. The fourth-order valence-corrected chi connectivity index (χ4v) is 3.09. The van der Waals surface area contributed by atoms with E-state index in [9.17, 15) is 10.1 Å². The Hall–Kier alpha value is -2.67. The third kappa shape index (κ3) is 2.95. The van der Waals surface area contributed by atoms with Gasteiger partial charge in [-0.25, -0.2) is 0 Å². The first-order chi connectivity index (χ1) is 11.1. The number of carbonyl (C=O) groups excluding carboxylic acids is 1. The number of nitrogens with zero attached hydrogens (tertiary/aromatic N) is 2. The first kappa shape index (κ1) is 15.2. The van der Waals surface area contributed by atoms with Crippen molar-refractivity contribution < 1.29 is 4.79 Å². The van der Waals surface area contributed by atoms with E-state index >= 15 is 0 Å². The maximum Gasteiger partial charge on any atom is 0.244 e. The monoisotopic (exact) mass is 305 g/mol. The number of hydrogen-bond acceptors (Lipinski definition) is 3. The van der Waals surface area contributed by atoms with Crippen LogP contribution in [0.2, 0.25) is 0 Å². The number of hydrogen-bond donors (Lipinski definition) is 1. The molecule has 0 radical (unpaired) electrons. The Balaban J connectivity index is 1.88. The molecule has 116 valence electrons. The Bertz CT molecular complexity index is 756. The highest BCUT2D eigenvalue weighted by atomic mass is 16.2. The number of benzene rings is 1. The predicted octanol–water partition coefficient (Wildman–Crippen LogP) is 4.08. The third-order valence-corrected chi connectivity index (χ3v) is 4.61. The van der Waals surface area contributed by atoms with Crippen LogP contribution in [-0.4, -0.2) is 10.9 Å². The average molecular weight is 305 g/mol. The molecule has 1 N–H and O–H groups in total. The van der Waals surface area contributed by atoms with Gasteiger partial charge in [-0.15, -0.1) is 0 Å². The van der Waals surface area contributed by atoms with Crippen LogP contribution >= 0.6 is 0 Å². The first-order valence-electron chi connectivity index (χ1n) is 7.88. The lowest BCUT2D eigenvalue weighted by molar-refractivity contribution is -0.122. The molecule has 0 saturated heterocycles. The summed E-state index contributed by atoms with van der Waals surface area (Å²) >= 11 is 0. The summed E-state index contributed by atoms with van der Waals surface area (Å²) in [6.45, 7) is 1.96. The number of anilines is 1. The molecular weight excluding hydrogens is 286 g/mol. The van der Waals surface area contributed by atoms with Crippen molar-refractivity contribution in [3.63, 3.8) is 0 Å². The maximum atomic E-state index is 12.6. The summed E-state index contributed by atoms with van der Waals surface area (Å²) in [5, 5.41) is 12.4. The van der Waals surface area contributed by atoms with Crippen LogP contribution < -0.4 is 5.32 Å². The van der Waals surface area contributed by atoms with Gasteiger partial charge in [0.1, 0.15) is 5.41 Å². The van der Waals surface area contributed by atoms with Crippen LogP contribution in [0.15, 0.2) is 42.7 Å². The summed E-state index contributed by atoms with van der Waals surface area (Å²) < 4.78 is 0. The Morgan fingerprint density at radius 1 is 1.17 bits per heavy atom. The summed E-state index contributed by atoms with van der Waals surface area (Å²) in [6.07, 6.45) is 6.68. The van der Waals surface area contributed by atoms with Gasteiger partial charge in [-0.1, -0.05) is 25.0 Å². The molecule has 1 heterocycles. The van der Waals surface area contributed by atoms with E-state index in [0.717, 1.165) is 35.2 Å². The Morgan fingerprint density at radius 3 is 2.52 bits per heavy atom. The number of aromatic nitrogens is 1. The van der Waals surface area contributed by atoms with Gasteiger partial charge < -0.3 is 5.32 Å². The van der Waals surface area contributed by atoms with Gasteiger partial charge in [0, 0.05) is 18.1 Å². The zero-order valence-corrected chi connectivity index (χ0v) is 13.2. The normalized spacial score (nSPS) is 15.8. The Morgan fingerprint density at radius 2 is 1.87 bits per heavy atom. The predicted molar refractivity (Wildman–Crippen MR) is 89.6 cm³/mol. The minimum Gasteiger partial charge on any atom is -0.324 e. The summed E-state index contributed by atoms with van der Waals surface area (Å²) in [5.74, 6) is -0.174. The van der Waals surface area contributed by atoms with Crippen LogP contribution in [0.25, 0.3) is 11.1 Å². The minimum absolute atomic E-state index is 0.174. The largest absolute Gasteiger partial charge is 0.324 e. The molecule has 23 heavy (non-hydrogen) atoms. The zero-order chi connectivity index (χ0) is 16.3. The highest BCUT2D eigenvalue weighted by molar-refractivity contribution is 5.98. The number of carbonyl (C=O) groups is 1. The van der Waals surface area contributed by atoms with Gasteiger partial charge in [0.2, 0.25) is 5.91 Å². The molecular formula is C19H19N3O. The van der Waals surface area contributed by atoms with Crippen LogP contribution in [-0.2, 0) is 4.79 Å². The first-order valence-corrected chi connectivity index (χ1v) is 7.88. The van der Waals surface area contributed by atoms with Crippen LogP contribution in [0.5, 0.6) is 0 Å². The fourth-order valence-electron chi connectivity index (χ4n) is 3.09. The van der Waals surface area contributed by atoms with Gasteiger partial charge in [0.05, 0.1) is 6.07 Å². The van der Waals surface area contributed by atoms with Crippen LogP contribution in [0, 0.1) is 23.7 Å². The zero-order valence-electron chi connectivity index (χ0n) is 13.2. The molecule has 0 unspecified atom stereocenters. The van der Waals surface area contributed by atoms with Crippen molar-refractivity contribution in [2.45, 2.75) is 32.6 Å². The standard InChI is InChI=1S/C19H19N3O/c1-14-4-5-16(15-6-10-21-11-7-15)12-17(14)22-18(23)19(13-20)8-2-3-9-19/h4-7,10-12H,2-3,8-9H2,1H3,(H,22,23). The van der Waals surface area contributed by atoms with Crippen molar-refractivity contribution in [2.24, 2.45) is 5.41 Å². The number of nitriles is 1. The van der Waals surface area contributed by atoms with Crippen LogP contribution in [0.3, 0.4) is 0 Å². The highest BCUT2D eigenvalue weighted by Crippen LogP contribution is 2.39. The van der Waals surface area contributed by atoms with E-state index in [2.05, 4.69) is 16.4 Å². The summed E-state index contributed by atoms with van der Waals surface area (Å²) in [6, 6.07) is 12.1. The van der Waals surface area contributed by atoms with Gasteiger partial charge >= 0.3 is 0 Å². The van der Waals surface area contributed by atoms with Gasteiger partial charge in [0.25, 0.3) is 0 Å². The SMILES string of the molecule is Cc1ccc(-c2ccncc2)cc1NC(=O)C1(C#N)CCCC1. The molecule has 1 aliphatic rings. The van der Waals surface area contributed by atoms with Crippen molar-refractivity contribution in [3.8, 4) is 17.2 Å². The molecule has 1 aromatic carbocycles. The van der Waals surface area contributed by atoms with Gasteiger partial charge in [-0.2, -0.15) is 5.26 Å². The quantitative estimate of drug-likeness (QED) is 0.929. The van der Waals surface area contributed by atoms with Gasteiger partial charge in [-0.3, -0.25) is 9.78 Å². The van der Waals surface area contributed by atoms with E-state index in [-0.39, 0.29) is 5.91 Å². The molecule has 0 spiro atoms. The van der Waals surface area contributed by atoms with Crippen molar-refractivity contribution in [3.05, 3.63) is 48.3 Å². The van der Waals surface area contributed by atoms with E-state index in [4.69, 9.17) is 0 Å². The topological polar surface area (TPSA) is 65.8 Å². The minimum atomic E-state index is -0.862. The van der Waals surface area contributed by atoms with E-state index in [1.807, 2.05) is 37.3 Å². The van der Waals surface area contributed by atoms with E-state index in [1.165, 1.54) is 0 Å². The molecule has 1 amide bonds. The molecule has 0 aliphatic heterocycles. The number of pyridine rings is 1. The molecule has 0 bridgehead atoms. The lowest BCUT2D eigenvalue weighted by Gasteiger charge is -2.20. The molecule has 4 heteroatoms. The second-order valence-electron chi connectivity index (χ2n) is 6.12. The summed E-state index contributed by atoms with van der Waals surface area (Å²) in [4.78, 5) is 16.7. The lowest BCUT2D eigenvalue weighted by atomic mass is 9.87. The molecule has 1 fully saturated rings. The molecule has 1 aliphatic carbocycles. The molecule has 1 aromatic heterocycles. The second kappa shape index (κ2) is 6.21. The van der Waals surface area contributed by atoms with Gasteiger partial charge in [-0.05, 0) is 54.7 Å². The summed E-state index contributed by atoms with van der Waals surface area (Å²) in [5.41, 5.74) is 2.96. The maximum absolute atomic E-state index is 12.6. The smallest absolute Gasteiger partial charge is 0.244 e. The molecule has 3 rings (SSSR count). The molecule has 2 aromatic rings. The lowest BCUT2D eigenvalue weighted by Crippen LogP contribution is -2.32. The van der Waals surface area contributed by atoms with Crippen molar-refractivity contribution >= 4 is 11.6 Å². The van der Waals surface area contributed by atoms with Gasteiger partial charge in [0.15, 0.2) is 0 Å². The molecule has 4 nitrogen and oxygen atoms in total. The highest BCUT2D eigenvalue weighted by Gasteiger charge is 2.41. The van der Waals surface area contributed by atoms with Crippen molar-refractivity contribution in [2.75, 3.05) is 5.32 Å². The average Bonchev–Trinajstić information content (AvgIpc) is 3.08.